The molecular weight excluding hydrogens is 414 g/mol. The second kappa shape index (κ2) is 8.84. The molecule has 0 radical (unpaired) electrons. The molecule has 0 bridgehead atoms. The molecule has 0 atom stereocenters. The molecule has 0 aliphatic carbocycles. The summed E-state index contributed by atoms with van der Waals surface area (Å²) in [6.45, 7) is 1.36. The van der Waals surface area contributed by atoms with Crippen molar-refractivity contribution in [1.29, 1.82) is 0 Å². The molecule has 2 aromatic carbocycles. The number of aromatic nitrogens is 2. The van der Waals surface area contributed by atoms with Crippen molar-refractivity contribution in [2.75, 3.05) is 5.32 Å². The lowest BCUT2D eigenvalue weighted by Gasteiger charge is -2.09. The average molecular weight is 433 g/mol. The van der Waals surface area contributed by atoms with E-state index in [0.29, 0.717) is 27.5 Å². The molecule has 2 aromatic heterocycles. The number of anilines is 1. The molecule has 1 N–H and O–H groups in total. The highest BCUT2D eigenvalue weighted by atomic mass is 16.5. The average Bonchev–Trinajstić information content (AvgIpc) is 2.76. The normalized spacial score (nSPS) is 10.9. The van der Waals surface area contributed by atoms with Crippen LogP contribution in [0.1, 0.15) is 18.9 Å². The minimum absolute atomic E-state index is 0.0357. The first kappa shape index (κ1) is 21.0. The highest BCUT2D eigenvalue weighted by Crippen LogP contribution is 2.22. The SMILES string of the molecule is CC(=O)Nc1ccc2c(COC(=O)CCn3cnc4ccccc4c3=O)cc(=O)oc2c1. The van der Waals surface area contributed by atoms with Gasteiger partial charge >= 0.3 is 11.6 Å². The fourth-order valence-electron chi connectivity index (χ4n) is 3.34. The van der Waals surface area contributed by atoms with Crippen LogP contribution in [-0.2, 0) is 27.5 Å². The van der Waals surface area contributed by atoms with Crippen LogP contribution in [0.4, 0.5) is 5.69 Å². The standard InChI is InChI=1S/C23H19N3O6/c1-14(27)25-16-6-7-17-15(10-22(29)32-20(17)11-16)12-31-21(28)8-9-26-13-24-19-5-3-2-4-18(19)23(26)30/h2-7,10-11,13H,8-9,12H2,1H3,(H,25,27). The predicted octanol–water partition coefficient (Wildman–Crippen LogP) is 2.59. The molecule has 32 heavy (non-hydrogen) atoms. The van der Waals surface area contributed by atoms with Gasteiger partial charge in [0.25, 0.3) is 5.56 Å². The molecule has 0 unspecified atom stereocenters. The Kier molecular flexibility index (Phi) is 5.80. The fraction of sp³-hybridized carbons (Fsp3) is 0.174. The predicted molar refractivity (Wildman–Crippen MR) is 117 cm³/mol. The van der Waals surface area contributed by atoms with E-state index in [0.717, 1.165) is 0 Å². The van der Waals surface area contributed by atoms with Crippen molar-refractivity contribution in [3.63, 3.8) is 0 Å². The van der Waals surface area contributed by atoms with Gasteiger partial charge in [-0.3, -0.25) is 19.0 Å². The Bertz CT molecular complexity index is 1450. The van der Waals surface area contributed by atoms with Gasteiger partial charge in [-0.2, -0.15) is 0 Å². The van der Waals surface area contributed by atoms with Gasteiger partial charge in [0, 0.05) is 42.2 Å². The smallest absolute Gasteiger partial charge is 0.336 e. The highest BCUT2D eigenvalue weighted by Gasteiger charge is 2.11. The number of nitrogens with zero attached hydrogens (tertiary/aromatic N) is 2. The topological polar surface area (TPSA) is 120 Å². The number of carbonyl (C=O) groups excluding carboxylic acids is 2. The minimum atomic E-state index is -0.600. The number of nitrogens with one attached hydrogen (secondary N) is 1. The zero-order valence-corrected chi connectivity index (χ0v) is 17.2. The van der Waals surface area contributed by atoms with E-state index in [9.17, 15) is 19.2 Å². The molecule has 9 heteroatoms. The summed E-state index contributed by atoms with van der Waals surface area (Å²) < 4.78 is 11.9. The van der Waals surface area contributed by atoms with E-state index in [1.54, 1.807) is 36.4 Å². The Hall–Kier alpha value is -4.27. The number of ether oxygens (including phenoxy) is 1. The van der Waals surface area contributed by atoms with E-state index < -0.39 is 11.6 Å². The van der Waals surface area contributed by atoms with Gasteiger partial charge in [0.05, 0.1) is 23.7 Å². The largest absolute Gasteiger partial charge is 0.461 e. The van der Waals surface area contributed by atoms with Gasteiger partial charge in [-0.1, -0.05) is 12.1 Å². The Morgan fingerprint density at radius 1 is 1.09 bits per heavy atom. The lowest BCUT2D eigenvalue weighted by atomic mass is 10.1. The number of fused-ring (bicyclic) bond motifs is 2. The van der Waals surface area contributed by atoms with E-state index in [1.807, 2.05) is 0 Å². The monoisotopic (exact) mass is 433 g/mol. The van der Waals surface area contributed by atoms with Gasteiger partial charge in [0.2, 0.25) is 5.91 Å². The Morgan fingerprint density at radius 3 is 2.72 bits per heavy atom. The van der Waals surface area contributed by atoms with Crippen LogP contribution in [0.3, 0.4) is 0 Å². The number of para-hydroxylation sites is 1. The number of hydrogen-bond acceptors (Lipinski definition) is 7. The van der Waals surface area contributed by atoms with Gasteiger partial charge in [0.1, 0.15) is 12.2 Å². The van der Waals surface area contributed by atoms with Crippen LogP contribution in [0.2, 0.25) is 0 Å². The second-order valence-electron chi connectivity index (χ2n) is 7.15. The Balaban J connectivity index is 1.45. The summed E-state index contributed by atoms with van der Waals surface area (Å²) in [5, 5.41) is 3.68. The molecule has 0 aliphatic heterocycles. The number of aryl methyl sites for hydroxylation is 1. The Labute approximate surface area is 181 Å². The van der Waals surface area contributed by atoms with Gasteiger partial charge in [-0.15, -0.1) is 0 Å². The number of esters is 1. The molecule has 4 aromatic rings. The summed E-state index contributed by atoms with van der Waals surface area (Å²) in [5.41, 5.74) is 0.985. The van der Waals surface area contributed by atoms with Gasteiger partial charge < -0.3 is 14.5 Å². The van der Waals surface area contributed by atoms with Crippen molar-refractivity contribution < 1.29 is 18.7 Å². The maximum atomic E-state index is 12.5. The van der Waals surface area contributed by atoms with Crippen LogP contribution in [0, 0.1) is 0 Å². The van der Waals surface area contributed by atoms with Crippen molar-refractivity contribution in [1.82, 2.24) is 9.55 Å². The second-order valence-corrected chi connectivity index (χ2v) is 7.15. The number of hydrogen-bond donors (Lipinski definition) is 1. The lowest BCUT2D eigenvalue weighted by molar-refractivity contribution is -0.145. The van der Waals surface area contributed by atoms with Gasteiger partial charge in [-0.25, -0.2) is 9.78 Å². The fourth-order valence-corrected chi connectivity index (χ4v) is 3.34. The molecule has 162 valence electrons. The first-order chi connectivity index (χ1) is 15.4. The number of benzene rings is 2. The van der Waals surface area contributed by atoms with E-state index in [4.69, 9.17) is 9.15 Å². The van der Waals surface area contributed by atoms with E-state index in [-0.39, 0.29) is 36.6 Å². The third-order valence-corrected chi connectivity index (χ3v) is 4.83. The van der Waals surface area contributed by atoms with Gasteiger partial charge in [-0.05, 0) is 24.3 Å². The molecule has 4 rings (SSSR count). The molecule has 0 spiro atoms. The van der Waals surface area contributed by atoms with Crippen molar-refractivity contribution in [2.24, 2.45) is 0 Å². The summed E-state index contributed by atoms with van der Waals surface area (Å²) >= 11 is 0. The molecule has 9 nitrogen and oxygen atoms in total. The third kappa shape index (κ3) is 4.56. The summed E-state index contributed by atoms with van der Waals surface area (Å²) in [5.74, 6) is -0.779. The molecule has 2 heterocycles. The van der Waals surface area contributed by atoms with Crippen LogP contribution in [0.25, 0.3) is 21.9 Å². The maximum absolute atomic E-state index is 12.5. The van der Waals surface area contributed by atoms with Crippen LogP contribution >= 0.6 is 0 Å². The van der Waals surface area contributed by atoms with Crippen LogP contribution in [0.5, 0.6) is 0 Å². The summed E-state index contributed by atoms with van der Waals surface area (Å²) in [4.78, 5) is 52.1. The quantitative estimate of drug-likeness (QED) is 0.366. The summed E-state index contributed by atoms with van der Waals surface area (Å²) in [7, 11) is 0. The zero-order chi connectivity index (χ0) is 22.7. The van der Waals surface area contributed by atoms with Crippen molar-refractivity contribution >= 4 is 39.4 Å². The molecular formula is C23H19N3O6. The number of carbonyl (C=O) groups is 2. The van der Waals surface area contributed by atoms with Crippen molar-refractivity contribution in [3.8, 4) is 0 Å². The van der Waals surface area contributed by atoms with Gasteiger partial charge in [0.15, 0.2) is 0 Å². The van der Waals surface area contributed by atoms with Crippen LogP contribution in [-0.4, -0.2) is 21.4 Å². The van der Waals surface area contributed by atoms with E-state index in [1.165, 1.54) is 30.0 Å². The molecule has 0 saturated carbocycles. The van der Waals surface area contributed by atoms with Crippen LogP contribution < -0.4 is 16.5 Å². The highest BCUT2D eigenvalue weighted by molar-refractivity contribution is 5.92. The first-order valence-electron chi connectivity index (χ1n) is 9.85. The zero-order valence-electron chi connectivity index (χ0n) is 17.2. The van der Waals surface area contributed by atoms with Crippen molar-refractivity contribution in [2.45, 2.75) is 26.5 Å². The molecule has 0 saturated heterocycles. The van der Waals surface area contributed by atoms with Crippen molar-refractivity contribution in [3.05, 3.63) is 81.2 Å². The molecule has 0 fully saturated rings. The van der Waals surface area contributed by atoms with Crippen LogP contribution in [0.15, 0.2) is 68.9 Å². The third-order valence-electron chi connectivity index (χ3n) is 4.83. The summed E-state index contributed by atoms with van der Waals surface area (Å²) in [6.07, 6.45) is 1.37. The summed E-state index contributed by atoms with van der Waals surface area (Å²) in [6, 6.07) is 13.1. The molecule has 0 aliphatic rings. The Morgan fingerprint density at radius 2 is 1.91 bits per heavy atom. The minimum Gasteiger partial charge on any atom is -0.461 e. The molecule has 1 amide bonds. The maximum Gasteiger partial charge on any atom is 0.336 e. The number of amides is 1. The van der Waals surface area contributed by atoms with E-state index in [2.05, 4.69) is 10.3 Å². The number of rotatable bonds is 6. The first-order valence-corrected chi connectivity index (χ1v) is 9.85. The van der Waals surface area contributed by atoms with E-state index >= 15 is 0 Å². The lowest BCUT2D eigenvalue weighted by Crippen LogP contribution is -2.22.